The molecule has 0 unspecified atom stereocenters. The molecule has 4 rings (SSSR count). The van der Waals surface area contributed by atoms with Crippen molar-refractivity contribution in [2.45, 2.75) is 13.8 Å². The number of nitrogens with one attached hydrogen (secondary N) is 1. The van der Waals surface area contributed by atoms with Gasteiger partial charge in [-0.3, -0.25) is 19.8 Å². The lowest BCUT2D eigenvalue weighted by molar-refractivity contribution is -0.122. The number of carbonyl (C=O) groups excluding carboxylic acids is 2. The number of hydrogen-bond acceptors (Lipinski definition) is 3. The van der Waals surface area contributed by atoms with Gasteiger partial charge >= 0.3 is 0 Å². The molecular weight excluding hydrogens is 382 g/mol. The van der Waals surface area contributed by atoms with E-state index in [2.05, 4.69) is 5.32 Å². The Hall–Kier alpha value is -3.51. The van der Waals surface area contributed by atoms with Gasteiger partial charge in [-0.25, -0.2) is 0 Å². The van der Waals surface area contributed by atoms with Crippen LogP contribution in [0.1, 0.15) is 17.0 Å². The first kappa shape index (κ1) is 18.8. The second-order valence-electron chi connectivity index (χ2n) is 6.81. The number of nitrogens with zero attached hydrogens (tertiary/aromatic N) is 2. The van der Waals surface area contributed by atoms with Gasteiger partial charge in [0.15, 0.2) is 5.11 Å². The van der Waals surface area contributed by atoms with Crippen molar-refractivity contribution in [2.75, 3.05) is 4.90 Å². The predicted octanol–water partition coefficient (Wildman–Crippen LogP) is 3.93. The quantitative estimate of drug-likeness (QED) is 0.411. The molecule has 2 amide bonds. The molecule has 0 aliphatic carbocycles. The second-order valence-corrected chi connectivity index (χ2v) is 7.20. The SMILES string of the molecule is Cc1ccccc1N1C(=O)/C(=C/c2ccc(C)n2-c2ccccc2)C(=O)NC1=S. The minimum absolute atomic E-state index is 0.0390. The summed E-state index contributed by atoms with van der Waals surface area (Å²) in [6.07, 6.45) is 1.62. The van der Waals surface area contributed by atoms with Crippen LogP contribution in [0.4, 0.5) is 5.69 Å². The molecule has 144 valence electrons. The van der Waals surface area contributed by atoms with Crippen molar-refractivity contribution in [1.29, 1.82) is 0 Å². The number of aromatic nitrogens is 1. The van der Waals surface area contributed by atoms with Gasteiger partial charge in [-0.05, 0) is 68.0 Å². The largest absolute Gasteiger partial charge is 0.314 e. The Labute approximate surface area is 174 Å². The Morgan fingerprint density at radius 3 is 2.31 bits per heavy atom. The zero-order valence-electron chi connectivity index (χ0n) is 16.0. The lowest BCUT2D eigenvalue weighted by Gasteiger charge is -2.30. The summed E-state index contributed by atoms with van der Waals surface area (Å²) in [6.45, 7) is 3.88. The molecule has 29 heavy (non-hydrogen) atoms. The van der Waals surface area contributed by atoms with Crippen molar-refractivity contribution in [1.82, 2.24) is 9.88 Å². The van der Waals surface area contributed by atoms with E-state index in [1.165, 1.54) is 4.90 Å². The molecule has 5 nitrogen and oxygen atoms in total. The third kappa shape index (κ3) is 3.39. The molecule has 1 aromatic heterocycles. The van der Waals surface area contributed by atoms with Crippen LogP contribution in [0.3, 0.4) is 0 Å². The predicted molar refractivity (Wildman–Crippen MR) is 118 cm³/mol. The van der Waals surface area contributed by atoms with Gasteiger partial charge in [-0.1, -0.05) is 36.4 Å². The fraction of sp³-hybridized carbons (Fsp3) is 0.0870. The van der Waals surface area contributed by atoms with E-state index in [0.717, 1.165) is 22.6 Å². The van der Waals surface area contributed by atoms with Crippen LogP contribution in [0.25, 0.3) is 11.8 Å². The summed E-state index contributed by atoms with van der Waals surface area (Å²) < 4.78 is 2.00. The summed E-state index contributed by atoms with van der Waals surface area (Å²) >= 11 is 5.29. The van der Waals surface area contributed by atoms with Crippen molar-refractivity contribution >= 4 is 40.9 Å². The second kappa shape index (κ2) is 7.48. The van der Waals surface area contributed by atoms with Crippen LogP contribution in [0, 0.1) is 13.8 Å². The molecule has 0 spiro atoms. The van der Waals surface area contributed by atoms with Crippen LogP contribution in [0.5, 0.6) is 0 Å². The van der Waals surface area contributed by atoms with Gasteiger partial charge in [-0.15, -0.1) is 0 Å². The maximum absolute atomic E-state index is 13.3. The molecular formula is C23H19N3O2S. The topological polar surface area (TPSA) is 54.3 Å². The van der Waals surface area contributed by atoms with E-state index >= 15 is 0 Å². The van der Waals surface area contributed by atoms with Gasteiger partial charge < -0.3 is 4.57 Å². The third-order valence-corrected chi connectivity index (χ3v) is 5.16. The molecule has 1 aliphatic rings. The standard InChI is InChI=1S/C23H19N3O2S/c1-15-8-6-7-11-20(15)26-22(28)19(21(27)24-23(26)29)14-18-13-12-16(2)25(18)17-9-4-3-5-10-17/h3-14H,1-2H3,(H,24,27,29)/b19-14+. The Kier molecular flexibility index (Phi) is 4.86. The van der Waals surface area contributed by atoms with Crippen molar-refractivity contribution in [2.24, 2.45) is 0 Å². The molecule has 1 N–H and O–H groups in total. The highest BCUT2D eigenvalue weighted by molar-refractivity contribution is 7.80. The highest BCUT2D eigenvalue weighted by Crippen LogP contribution is 2.26. The molecule has 2 heterocycles. The normalized spacial score (nSPS) is 15.7. The average Bonchev–Trinajstić information content (AvgIpc) is 3.07. The molecule has 2 aromatic carbocycles. The number of benzene rings is 2. The smallest absolute Gasteiger partial charge is 0.270 e. The summed E-state index contributed by atoms with van der Waals surface area (Å²) in [5.74, 6) is -0.935. The van der Waals surface area contributed by atoms with Crippen molar-refractivity contribution < 1.29 is 9.59 Å². The number of anilines is 1. The van der Waals surface area contributed by atoms with Gasteiger partial charge in [0, 0.05) is 17.1 Å². The molecule has 0 saturated carbocycles. The van der Waals surface area contributed by atoms with E-state index in [-0.39, 0.29) is 10.7 Å². The van der Waals surface area contributed by atoms with Crippen LogP contribution in [-0.4, -0.2) is 21.5 Å². The van der Waals surface area contributed by atoms with Gasteiger partial charge in [-0.2, -0.15) is 0 Å². The van der Waals surface area contributed by atoms with E-state index in [1.54, 1.807) is 6.08 Å². The lowest BCUT2D eigenvalue weighted by Crippen LogP contribution is -2.54. The van der Waals surface area contributed by atoms with Crippen molar-refractivity contribution in [3.63, 3.8) is 0 Å². The fourth-order valence-electron chi connectivity index (χ4n) is 3.44. The van der Waals surface area contributed by atoms with E-state index in [9.17, 15) is 9.59 Å². The minimum atomic E-state index is -0.497. The molecule has 1 saturated heterocycles. The van der Waals surface area contributed by atoms with Crippen molar-refractivity contribution in [3.8, 4) is 5.69 Å². The van der Waals surface area contributed by atoms with Crippen LogP contribution in [0.15, 0.2) is 72.3 Å². The lowest BCUT2D eigenvalue weighted by atomic mass is 10.1. The van der Waals surface area contributed by atoms with E-state index < -0.39 is 11.8 Å². The van der Waals surface area contributed by atoms with E-state index in [0.29, 0.717) is 5.69 Å². The fourth-order valence-corrected chi connectivity index (χ4v) is 3.71. The first-order chi connectivity index (χ1) is 14.0. The van der Waals surface area contributed by atoms with Crippen molar-refractivity contribution in [3.05, 3.63) is 89.3 Å². The zero-order chi connectivity index (χ0) is 20.5. The third-order valence-electron chi connectivity index (χ3n) is 4.87. The number of thiocarbonyl (C=S) groups is 1. The van der Waals surface area contributed by atoms with Gasteiger partial charge in [0.25, 0.3) is 11.8 Å². The number of aryl methyl sites for hydroxylation is 2. The number of para-hydroxylation sites is 2. The molecule has 1 fully saturated rings. The van der Waals surface area contributed by atoms with Crippen LogP contribution >= 0.6 is 12.2 Å². The maximum Gasteiger partial charge on any atom is 0.270 e. The Balaban J connectivity index is 1.80. The maximum atomic E-state index is 13.3. The molecule has 6 heteroatoms. The zero-order valence-corrected chi connectivity index (χ0v) is 16.9. The first-order valence-electron chi connectivity index (χ1n) is 9.18. The van der Waals surface area contributed by atoms with Gasteiger partial charge in [0.05, 0.1) is 5.69 Å². The minimum Gasteiger partial charge on any atom is -0.314 e. The molecule has 0 bridgehead atoms. The summed E-state index contributed by atoms with van der Waals surface area (Å²) in [5.41, 5.74) is 4.28. The number of rotatable bonds is 3. The Morgan fingerprint density at radius 1 is 0.897 bits per heavy atom. The Bertz CT molecular complexity index is 1160. The molecule has 3 aromatic rings. The highest BCUT2D eigenvalue weighted by atomic mass is 32.1. The number of hydrogen-bond donors (Lipinski definition) is 1. The van der Waals surface area contributed by atoms with Crippen LogP contribution < -0.4 is 10.2 Å². The van der Waals surface area contributed by atoms with Crippen LogP contribution in [-0.2, 0) is 9.59 Å². The monoisotopic (exact) mass is 401 g/mol. The number of carbonyl (C=O) groups is 2. The first-order valence-corrected chi connectivity index (χ1v) is 9.59. The highest BCUT2D eigenvalue weighted by Gasteiger charge is 2.35. The van der Waals surface area contributed by atoms with E-state index in [4.69, 9.17) is 12.2 Å². The summed E-state index contributed by atoms with van der Waals surface area (Å²) in [7, 11) is 0. The average molecular weight is 401 g/mol. The molecule has 0 atom stereocenters. The van der Waals surface area contributed by atoms with Crippen LogP contribution in [0.2, 0.25) is 0 Å². The summed E-state index contributed by atoms with van der Waals surface area (Å²) in [5, 5.41) is 2.73. The van der Waals surface area contributed by atoms with E-state index in [1.807, 2.05) is 85.1 Å². The summed E-state index contributed by atoms with van der Waals surface area (Å²) in [6, 6.07) is 21.1. The summed E-state index contributed by atoms with van der Waals surface area (Å²) in [4.78, 5) is 27.2. The number of amides is 2. The van der Waals surface area contributed by atoms with Gasteiger partial charge in [0.1, 0.15) is 5.57 Å². The molecule has 0 radical (unpaired) electrons. The Morgan fingerprint density at radius 2 is 1.59 bits per heavy atom. The molecule has 1 aliphatic heterocycles. The van der Waals surface area contributed by atoms with Gasteiger partial charge in [0.2, 0.25) is 0 Å².